The van der Waals surface area contributed by atoms with E-state index in [1.165, 1.54) is 58.9 Å². The molecule has 49 heavy (non-hydrogen) atoms. The van der Waals surface area contributed by atoms with Crippen molar-refractivity contribution in [3.8, 4) is 0 Å². The third-order valence-electron chi connectivity index (χ3n) is 3.92. The van der Waals surface area contributed by atoms with Crippen molar-refractivity contribution in [2.24, 2.45) is 0 Å². The minimum absolute atomic E-state index is 0. The number of aromatic carboxylic acids is 4. The number of rotatable bonds is 6. The number of hydrogen-bond acceptors (Lipinski definition) is 14. The van der Waals surface area contributed by atoms with Crippen LogP contribution in [0.25, 0.3) is 0 Å². The van der Waals surface area contributed by atoms with Crippen molar-refractivity contribution in [3.63, 3.8) is 0 Å². The van der Waals surface area contributed by atoms with E-state index in [1.54, 1.807) is 76.7 Å². The van der Waals surface area contributed by atoms with Gasteiger partial charge in [-0.25, -0.2) is 0 Å². The molecule has 0 spiro atoms. The molecule has 2 radical (unpaired) electrons. The van der Waals surface area contributed by atoms with Crippen molar-refractivity contribution in [1.82, 2.24) is 29.7 Å². The molecule has 0 aliphatic carbocycles. The van der Waals surface area contributed by atoms with E-state index >= 15 is 0 Å². The summed E-state index contributed by atoms with van der Waals surface area (Å²) in [5, 5.41) is 40.1. The Morgan fingerprint density at radius 2 is 0.633 bits per heavy atom. The molecule has 0 bridgehead atoms. The van der Waals surface area contributed by atoms with Gasteiger partial charge >= 0.3 is 34.1 Å². The second-order valence-corrected chi connectivity index (χ2v) is 8.15. The van der Waals surface area contributed by atoms with Gasteiger partial charge < -0.3 is 54.9 Å². The molecule has 0 saturated heterocycles. The van der Waals surface area contributed by atoms with E-state index < -0.39 is 23.9 Å². The largest absolute Gasteiger partial charge is 3.00 e. The number of carbonyl (C=O) groups is 6. The molecule has 0 atom stereocenters. The smallest absolute Gasteiger partial charge is 2.00 e. The van der Waals surface area contributed by atoms with Crippen molar-refractivity contribution in [1.29, 1.82) is 0 Å². The van der Waals surface area contributed by atoms with Gasteiger partial charge in [0.1, 0.15) is 0 Å². The summed E-state index contributed by atoms with van der Waals surface area (Å²) in [5.41, 5.74) is -0.120. The number of carbonyl (C=O) groups excluding carboxylic acids is 6. The number of nitrogens with zero attached hydrogens (tertiary/aromatic N) is 6. The molecule has 0 unspecified atom stereocenters. The fraction of sp³-hybridized carbons (Fsp3) is 0.133. The second kappa shape index (κ2) is 33.8. The van der Waals surface area contributed by atoms with Crippen LogP contribution in [-0.2, 0) is 49.2 Å². The van der Waals surface area contributed by atoms with Gasteiger partial charge in [0.2, 0.25) is 12.8 Å². The molecular weight excluding hydrogens is 732 g/mol. The van der Waals surface area contributed by atoms with Crippen LogP contribution in [-0.4, -0.2) is 94.6 Å². The first-order valence-corrected chi connectivity index (χ1v) is 12.5. The molecule has 4 heterocycles. The van der Waals surface area contributed by atoms with Crippen LogP contribution in [0, 0.1) is 0 Å². The van der Waals surface area contributed by atoms with Crippen molar-refractivity contribution in [2.45, 2.75) is 0 Å². The molecule has 0 fully saturated rings. The quantitative estimate of drug-likeness (QED) is 0.140. The van der Waals surface area contributed by atoms with Gasteiger partial charge in [-0.05, 0) is 48.5 Å². The zero-order valence-electron chi connectivity index (χ0n) is 26.3. The van der Waals surface area contributed by atoms with Gasteiger partial charge in [0.15, 0.2) is 0 Å². The minimum atomic E-state index is -1.24. The molecule has 2 amide bonds. The average Bonchev–Trinajstić information content (AvgIpc) is 3.07. The van der Waals surface area contributed by atoms with E-state index in [0.29, 0.717) is 0 Å². The zero-order chi connectivity index (χ0) is 35.3. The Morgan fingerprint density at radius 3 is 0.694 bits per heavy atom. The number of amides is 2. The Balaban J connectivity index is -0.000000159. The average molecular weight is 762 g/mol. The number of aromatic nitrogens is 4. The van der Waals surface area contributed by atoms with Crippen molar-refractivity contribution >= 4 is 36.7 Å². The first-order chi connectivity index (χ1) is 21.8. The van der Waals surface area contributed by atoms with Crippen LogP contribution in [0.2, 0.25) is 0 Å². The van der Waals surface area contributed by atoms with Crippen LogP contribution in [0.3, 0.4) is 0 Å². The fourth-order valence-electron chi connectivity index (χ4n) is 1.93. The Kier molecular flexibility index (Phi) is 36.5. The van der Waals surface area contributed by atoms with E-state index in [2.05, 4.69) is 19.9 Å². The topological polar surface area (TPSA) is 281 Å². The Bertz CT molecular complexity index is 1230. The summed E-state index contributed by atoms with van der Waals surface area (Å²) in [6.07, 6.45) is 7.13. The Morgan fingerprint density at radius 1 is 0.469 bits per heavy atom. The summed E-state index contributed by atoms with van der Waals surface area (Å²) >= 11 is 0. The predicted molar refractivity (Wildman–Crippen MR) is 154 cm³/mol. The Labute approximate surface area is 302 Å². The zero-order valence-corrected chi connectivity index (χ0v) is 28.5. The number of carboxylic acids is 4. The molecule has 0 aliphatic rings. The number of carboxylic acid groups (broad SMARTS) is 4. The normalized spacial score (nSPS) is 7.92. The fourth-order valence-corrected chi connectivity index (χ4v) is 1.93. The maximum atomic E-state index is 10.0. The molecule has 19 heteroatoms. The maximum absolute atomic E-state index is 10.0. The summed E-state index contributed by atoms with van der Waals surface area (Å²) in [7, 11) is 6.75. The predicted octanol–water partition coefficient (Wildman–Crippen LogP) is -2.93. The molecule has 0 aliphatic heterocycles. The second-order valence-electron chi connectivity index (χ2n) is 8.15. The van der Waals surface area contributed by atoms with Gasteiger partial charge in [-0.3, -0.25) is 29.5 Å². The summed E-state index contributed by atoms with van der Waals surface area (Å²) in [6.45, 7) is 0. The van der Waals surface area contributed by atoms with E-state index in [0.717, 1.165) is 12.8 Å². The van der Waals surface area contributed by atoms with Crippen molar-refractivity contribution in [2.75, 3.05) is 28.2 Å². The SMILES string of the molecule is CN(C)C=O.CN(C)C=O.O=C([O-])c1ccccn1.O=C([O-])c1ccccn1.O=C([O-])c1ccccn1.O=C([O-])c1ccccn1.[Fe+3].[Fe+3].[O-2]. The maximum Gasteiger partial charge on any atom is 3.00 e. The number of pyridine rings is 4. The molecule has 0 saturated carbocycles. The van der Waals surface area contributed by atoms with Crippen LogP contribution < -0.4 is 20.4 Å². The van der Waals surface area contributed by atoms with E-state index in [1.807, 2.05) is 0 Å². The molecule has 0 N–H and O–H groups in total. The van der Waals surface area contributed by atoms with Crippen LogP contribution >= 0.6 is 0 Å². The van der Waals surface area contributed by atoms with Gasteiger partial charge in [0.25, 0.3) is 0 Å². The monoisotopic (exact) mass is 762 g/mol. The van der Waals surface area contributed by atoms with Crippen LogP contribution in [0.4, 0.5) is 0 Å². The van der Waals surface area contributed by atoms with Crippen LogP contribution in [0.1, 0.15) is 42.0 Å². The van der Waals surface area contributed by atoms with Gasteiger partial charge in [-0.2, -0.15) is 0 Å². The molecule has 17 nitrogen and oxygen atoms in total. The van der Waals surface area contributed by atoms with Gasteiger partial charge in [-0.1, -0.05) is 24.3 Å². The van der Waals surface area contributed by atoms with E-state index in [4.69, 9.17) is 0 Å². The summed E-state index contributed by atoms with van der Waals surface area (Å²) < 4.78 is 0. The molecule has 4 rings (SSSR count). The minimum Gasteiger partial charge on any atom is -2.00 e. The Hall–Kier alpha value is -5.58. The molecule has 262 valence electrons. The van der Waals surface area contributed by atoms with Gasteiger partial charge in [-0.15, -0.1) is 0 Å². The van der Waals surface area contributed by atoms with Crippen molar-refractivity contribution < 1.29 is 88.8 Å². The van der Waals surface area contributed by atoms with Crippen LogP contribution in [0.5, 0.6) is 0 Å². The molecule has 4 aromatic rings. The van der Waals surface area contributed by atoms with E-state index in [9.17, 15) is 49.2 Å². The third-order valence-corrected chi connectivity index (χ3v) is 3.92. The summed E-state index contributed by atoms with van der Waals surface area (Å²) in [6, 6.07) is 18.5. The summed E-state index contributed by atoms with van der Waals surface area (Å²) in [5.74, 6) is -4.96. The van der Waals surface area contributed by atoms with Gasteiger partial charge in [0, 0.05) is 53.0 Å². The summed E-state index contributed by atoms with van der Waals surface area (Å²) in [4.78, 5) is 75.9. The number of hydrogen-bond donors (Lipinski definition) is 0. The van der Waals surface area contributed by atoms with Crippen molar-refractivity contribution in [3.05, 3.63) is 120 Å². The van der Waals surface area contributed by atoms with E-state index in [-0.39, 0.29) is 62.4 Å². The first kappa shape index (κ1) is 52.9. The first-order valence-electron chi connectivity index (χ1n) is 12.5. The third kappa shape index (κ3) is 32.2. The van der Waals surface area contributed by atoms with Crippen LogP contribution in [0.15, 0.2) is 97.6 Å². The van der Waals surface area contributed by atoms with Gasteiger partial charge in [0.05, 0.1) is 46.7 Å². The standard InChI is InChI=1S/4C6H5NO2.2C3H7NO.2Fe.O/c4*8-6(9)5-3-1-2-4-7-5;2*1-4(2)3-5;;;/h4*1-4H,(H,8,9);2*3H,1-2H3;;;/q;;;;;;2*+3;-2/p-4. The molecule has 4 aromatic heterocycles. The molecule has 0 aromatic carbocycles. The molecular formula is C30H30Fe2N6O11.